The summed E-state index contributed by atoms with van der Waals surface area (Å²) in [7, 11) is -3.10. The van der Waals surface area contributed by atoms with Crippen molar-refractivity contribution in [2.24, 2.45) is 0 Å². The maximum atomic E-state index is 11.7. The van der Waals surface area contributed by atoms with Crippen molar-refractivity contribution in [3.63, 3.8) is 0 Å². The predicted molar refractivity (Wildman–Crippen MR) is 147 cm³/mol. The fourth-order valence-corrected chi connectivity index (χ4v) is 4.46. The summed E-state index contributed by atoms with van der Waals surface area (Å²) in [5, 5.41) is 0.936. The summed E-state index contributed by atoms with van der Waals surface area (Å²) in [6.45, 7) is 6.11. The van der Waals surface area contributed by atoms with Gasteiger partial charge in [0.2, 0.25) is 12.3 Å². The molecule has 1 aromatic heterocycles. The molecule has 1 saturated heterocycles. The van der Waals surface area contributed by atoms with Crippen LogP contribution in [0.5, 0.6) is 0 Å². The van der Waals surface area contributed by atoms with E-state index >= 15 is 0 Å². The lowest BCUT2D eigenvalue weighted by molar-refractivity contribution is -0.140. The topological polar surface area (TPSA) is 90.5 Å². The van der Waals surface area contributed by atoms with E-state index in [0.29, 0.717) is 24.5 Å². The Morgan fingerprint density at radius 2 is 1.54 bits per heavy atom. The molecular weight excluding hydrogens is 486 g/mol. The maximum Gasteiger partial charge on any atom is 0.242 e. The van der Waals surface area contributed by atoms with Gasteiger partial charge in [0.15, 0.2) is 9.84 Å². The molecule has 0 radical (unpaired) electrons. The van der Waals surface area contributed by atoms with Gasteiger partial charge in [0.05, 0.1) is 11.4 Å². The number of nitrogens with zero attached hydrogens (tertiary/aromatic N) is 2. The molecule has 0 aliphatic carbocycles. The number of piperazine rings is 1. The zero-order valence-corrected chi connectivity index (χ0v) is 22.2. The van der Waals surface area contributed by atoms with E-state index in [1.807, 2.05) is 61.5 Å². The van der Waals surface area contributed by atoms with E-state index in [-0.39, 0.29) is 12.5 Å². The molecule has 4 aromatic rings. The second-order valence-corrected chi connectivity index (χ2v) is 11.0. The van der Waals surface area contributed by atoms with Crippen molar-refractivity contribution in [2.45, 2.75) is 25.3 Å². The minimum Gasteiger partial charge on any atom is -0.359 e. The van der Waals surface area contributed by atoms with Gasteiger partial charge in [-0.15, -0.1) is 0 Å². The first-order chi connectivity index (χ1) is 17.7. The summed E-state index contributed by atoms with van der Waals surface area (Å²) in [4.78, 5) is 29.0. The van der Waals surface area contributed by atoms with Crippen molar-refractivity contribution in [1.82, 2.24) is 14.8 Å². The molecule has 0 unspecified atom stereocenters. The quantitative estimate of drug-likeness (QED) is 0.406. The summed E-state index contributed by atoms with van der Waals surface area (Å²) in [5.41, 5.74) is 4.44. The monoisotopic (exact) mass is 519 g/mol. The number of hydrogen-bond acceptors (Lipinski definition) is 4. The lowest BCUT2D eigenvalue weighted by Crippen LogP contribution is -2.49. The summed E-state index contributed by atoms with van der Waals surface area (Å²) >= 11 is 0. The Bertz CT molecular complexity index is 1420. The number of nitrogens with one attached hydrogen (secondary N) is 1. The number of benzene rings is 3. The van der Waals surface area contributed by atoms with E-state index in [1.165, 1.54) is 16.7 Å². The van der Waals surface area contributed by atoms with Crippen LogP contribution in [0, 0.1) is 13.8 Å². The Morgan fingerprint density at radius 3 is 2.08 bits per heavy atom. The molecule has 1 fully saturated rings. The van der Waals surface area contributed by atoms with Gasteiger partial charge < -0.3 is 14.8 Å². The predicted octanol–water partition coefficient (Wildman–Crippen LogP) is 4.36. The average Bonchev–Trinajstić information content (AvgIpc) is 3.26. The fourth-order valence-electron chi connectivity index (χ4n) is 3.81. The number of sulfone groups is 1. The molecule has 2 amide bonds. The molecule has 5 rings (SSSR count). The molecule has 0 atom stereocenters. The molecule has 1 aliphatic rings. The van der Waals surface area contributed by atoms with Crippen LogP contribution in [-0.4, -0.2) is 61.4 Å². The van der Waals surface area contributed by atoms with Crippen molar-refractivity contribution in [3.05, 3.63) is 102 Å². The van der Waals surface area contributed by atoms with Gasteiger partial charge in [0, 0.05) is 42.5 Å². The first kappa shape index (κ1) is 27.7. The molecule has 0 bridgehead atoms. The van der Waals surface area contributed by atoms with Crippen molar-refractivity contribution in [1.29, 1.82) is 0 Å². The van der Waals surface area contributed by atoms with Crippen molar-refractivity contribution in [2.75, 3.05) is 25.9 Å². The van der Waals surface area contributed by atoms with Gasteiger partial charge in [-0.1, -0.05) is 66.2 Å². The first-order valence-corrected chi connectivity index (χ1v) is 13.9. The standard InChI is InChI=1S/C12H14N2O2.C10H11NO2S.C7H8/c15-10-13-6-7-14(12(16)9-13)8-11-4-2-1-3-5-11;1-7-5-8-6-9(14(2,12)13)3-4-10(8)11-7;1-7-5-3-2-4-6-7/h1-5,10H,6-9H2;3-6,11H,1-2H3;2-6H,1H3. The molecule has 0 saturated carbocycles. The summed E-state index contributed by atoms with van der Waals surface area (Å²) in [6, 6.07) is 27.2. The highest BCUT2D eigenvalue weighted by Crippen LogP contribution is 2.19. The molecule has 1 aliphatic heterocycles. The highest BCUT2D eigenvalue weighted by molar-refractivity contribution is 7.90. The van der Waals surface area contributed by atoms with Crippen LogP contribution in [0.15, 0.2) is 89.8 Å². The average molecular weight is 520 g/mol. The number of amides is 2. The van der Waals surface area contributed by atoms with E-state index < -0.39 is 9.84 Å². The zero-order chi connectivity index (χ0) is 26.8. The number of hydrogen-bond donors (Lipinski definition) is 1. The molecular formula is C29H33N3O4S. The maximum absolute atomic E-state index is 11.7. The van der Waals surface area contributed by atoms with Crippen LogP contribution in [0.25, 0.3) is 10.9 Å². The largest absolute Gasteiger partial charge is 0.359 e. The molecule has 8 heteroatoms. The van der Waals surface area contributed by atoms with Gasteiger partial charge in [-0.3, -0.25) is 9.59 Å². The first-order valence-electron chi connectivity index (χ1n) is 12.0. The SMILES string of the molecule is Cc1cc2cc(S(C)(=O)=O)ccc2[nH]1.Cc1ccccc1.O=CN1CCN(Cc2ccccc2)C(=O)C1. The second kappa shape index (κ2) is 12.9. The van der Waals surface area contributed by atoms with Crippen LogP contribution in [0.2, 0.25) is 0 Å². The number of H-pyrrole nitrogens is 1. The Morgan fingerprint density at radius 1 is 0.892 bits per heavy atom. The zero-order valence-electron chi connectivity index (χ0n) is 21.4. The smallest absolute Gasteiger partial charge is 0.242 e. The van der Waals surface area contributed by atoms with Gasteiger partial charge in [-0.2, -0.15) is 0 Å². The van der Waals surface area contributed by atoms with Crippen LogP contribution in [0.4, 0.5) is 0 Å². The van der Waals surface area contributed by atoms with Crippen LogP contribution in [-0.2, 0) is 26.0 Å². The molecule has 194 valence electrons. The van der Waals surface area contributed by atoms with Crippen molar-refractivity contribution < 1.29 is 18.0 Å². The van der Waals surface area contributed by atoms with Crippen molar-refractivity contribution >= 4 is 33.1 Å². The van der Waals surface area contributed by atoms with Crippen LogP contribution in [0.3, 0.4) is 0 Å². The number of carbonyl (C=O) groups is 2. The minimum absolute atomic E-state index is 0.0159. The number of aromatic nitrogens is 1. The van der Waals surface area contributed by atoms with Crippen LogP contribution < -0.4 is 0 Å². The van der Waals surface area contributed by atoms with Gasteiger partial charge in [-0.05, 0) is 43.7 Å². The van der Waals surface area contributed by atoms with Gasteiger partial charge in [0.25, 0.3) is 0 Å². The van der Waals surface area contributed by atoms with Crippen LogP contribution >= 0.6 is 0 Å². The van der Waals surface area contributed by atoms with Gasteiger partial charge in [0.1, 0.15) is 0 Å². The lowest BCUT2D eigenvalue weighted by atomic mass is 10.2. The van der Waals surface area contributed by atoms with E-state index in [4.69, 9.17) is 0 Å². The second-order valence-electron chi connectivity index (χ2n) is 9.01. The van der Waals surface area contributed by atoms with E-state index in [1.54, 1.807) is 23.1 Å². The Kier molecular flexibility index (Phi) is 9.63. The summed E-state index contributed by atoms with van der Waals surface area (Å²) < 4.78 is 22.5. The fraction of sp³-hybridized carbons (Fsp3) is 0.241. The number of aromatic amines is 1. The normalized spacial score (nSPS) is 13.3. The van der Waals surface area contributed by atoms with Gasteiger partial charge in [-0.25, -0.2) is 8.42 Å². The number of aryl methyl sites for hydroxylation is 2. The highest BCUT2D eigenvalue weighted by Gasteiger charge is 2.22. The van der Waals surface area contributed by atoms with Crippen molar-refractivity contribution in [3.8, 4) is 0 Å². The lowest BCUT2D eigenvalue weighted by Gasteiger charge is -2.32. The third-order valence-corrected chi connectivity index (χ3v) is 6.92. The molecule has 2 heterocycles. The summed E-state index contributed by atoms with van der Waals surface area (Å²) in [6.07, 6.45) is 1.95. The minimum atomic E-state index is -3.10. The third kappa shape index (κ3) is 8.61. The summed E-state index contributed by atoms with van der Waals surface area (Å²) in [5.74, 6) is 0.0159. The van der Waals surface area contributed by atoms with E-state index in [2.05, 4.69) is 24.0 Å². The van der Waals surface area contributed by atoms with E-state index in [9.17, 15) is 18.0 Å². The molecule has 7 nitrogen and oxygen atoms in total. The Labute approximate surface area is 218 Å². The molecule has 0 spiro atoms. The number of fused-ring (bicyclic) bond motifs is 1. The molecule has 3 aromatic carbocycles. The third-order valence-electron chi connectivity index (χ3n) is 5.81. The number of rotatable bonds is 4. The Hall–Kier alpha value is -3.91. The highest BCUT2D eigenvalue weighted by atomic mass is 32.2. The Balaban J connectivity index is 0.000000165. The van der Waals surface area contributed by atoms with Gasteiger partial charge >= 0.3 is 0 Å². The molecule has 1 N–H and O–H groups in total. The number of carbonyl (C=O) groups excluding carboxylic acids is 2. The molecule has 37 heavy (non-hydrogen) atoms. The van der Waals surface area contributed by atoms with Crippen LogP contribution in [0.1, 0.15) is 16.8 Å². The van der Waals surface area contributed by atoms with E-state index in [0.717, 1.165) is 28.6 Å².